The van der Waals surface area contributed by atoms with Gasteiger partial charge in [0, 0.05) is 19.6 Å². The molecule has 2 heterocycles. The lowest BCUT2D eigenvalue weighted by atomic mass is 10.2. The molecule has 0 unspecified atom stereocenters. The first-order valence-electron chi connectivity index (χ1n) is 4.73. The normalized spacial score (nSPS) is 43.0. The highest BCUT2D eigenvalue weighted by Crippen LogP contribution is 2.15. The summed E-state index contributed by atoms with van der Waals surface area (Å²) in [5.41, 5.74) is 0. The third kappa shape index (κ3) is 2.19. The molecular formula is C9H17NO2. The van der Waals surface area contributed by atoms with Gasteiger partial charge in [-0.25, -0.2) is 0 Å². The van der Waals surface area contributed by atoms with Crippen LogP contribution in [0.1, 0.15) is 13.8 Å². The predicted molar refractivity (Wildman–Crippen MR) is 46.2 cm³/mol. The molecule has 3 nitrogen and oxygen atoms in total. The monoisotopic (exact) mass is 171 g/mol. The summed E-state index contributed by atoms with van der Waals surface area (Å²) < 4.78 is 10.8. The topological polar surface area (TPSA) is 25.0 Å². The molecule has 3 atom stereocenters. The van der Waals surface area contributed by atoms with Crippen molar-refractivity contribution in [3.63, 3.8) is 0 Å². The summed E-state index contributed by atoms with van der Waals surface area (Å²) in [6.07, 6.45) is 1.28. The average molecular weight is 171 g/mol. The fourth-order valence-electron chi connectivity index (χ4n) is 1.89. The van der Waals surface area contributed by atoms with Crippen LogP contribution in [0.5, 0.6) is 0 Å². The zero-order valence-electron chi connectivity index (χ0n) is 7.82. The van der Waals surface area contributed by atoms with E-state index in [1.807, 2.05) is 0 Å². The van der Waals surface area contributed by atoms with Gasteiger partial charge in [-0.05, 0) is 13.8 Å². The quantitative estimate of drug-likeness (QED) is 0.565. The number of ether oxygens (including phenoxy) is 2. The zero-order chi connectivity index (χ0) is 8.55. The largest absolute Gasteiger partial charge is 0.373 e. The molecule has 0 radical (unpaired) electrons. The van der Waals surface area contributed by atoms with Gasteiger partial charge >= 0.3 is 0 Å². The number of epoxide rings is 1. The number of rotatable bonds is 2. The lowest BCUT2D eigenvalue weighted by molar-refractivity contribution is -0.0690. The van der Waals surface area contributed by atoms with Crippen molar-refractivity contribution in [2.45, 2.75) is 32.2 Å². The zero-order valence-corrected chi connectivity index (χ0v) is 7.82. The Morgan fingerprint density at radius 2 is 1.83 bits per heavy atom. The standard InChI is InChI=1S/C9H17NO2/c1-7-3-10(4-8(2)12-7)5-9-6-11-9/h7-9H,3-6H2,1-2H3/t7-,8+,9-/m1/s1. The van der Waals surface area contributed by atoms with Crippen molar-refractivity contribution in [3.8, 4) is 0 Å². The molecule has 2 fully saturated rings. The summed E-state index contributed by atoms with van der Waals surface area (Å²) in [4.78, 5) is 2.44. The molecule has 0 spiro atoms. The van der Waals surface area contributed by atoms with E-state index in [0.29, 0.717) is 18.3 Å². The van der Waals surface area contributed by atoms with Crippen LogP contribution in [0.2, 0.25) is 0 Å². The molecular weight excluding hydrogens is 154 g/mol. The minimum absolute atomic E-state index is 0.382. The Balaban J connectivity index is 1.79. The average Bonchev–Trinajstić information content (AvgIpc) is 2.68. The summed E-state index contributed by atoms with van der Waals surface area (Å²) in [7, 11) is 0. The van der Waals surface area contributed by atoms with Crippen molar-refractivity contribution in [3.05, 3.63) is 0 Å². The van der Waals surface area contributed by atoms with E-state index in [4.69, 9.17) is 9.47 Å². The highest BCUT2D eigenvalue weighted by Gasteiger charge is 2.29. The minimum atomic E-state index is 0.382. The van der Waals surface area contributed by atoms with E-state index < -0.39 is 0 Å². The summed E-state index contributed by atoms with van der Waals surface area (Å²) >= 11 is 0. The molecule has 0 aromatic carbocycles. The first-order chi connectivity index (χ1) is 5.74. The van der Waals surface area contributed by atoms with E-state index in [9.17, 15) is 0 Å². The Bertz CT molecular complexity index is 146. The smallest absolute Gasteiger partial charge is 0.0936 e. The van der Waals surface area contributed by atoms with Gasteiger partial charge in [-0.2, -0.15) is 0 Å². The molecule has 2 aliphatic rings. The maximum Gasteiger partial charge on any atom is 0.0936 e. The van der Waals surface area contributed by atoms with Crippen LogP contribution in [-0.2, 0) is 9.47 Å². The van der Waals surface area contributed by atoms with Crippen LogP contribution in [0.15, 0.2) is 0 Å². The van der Waals surface area contributed by atoms with Crippen molar-refractivity contribution < 1.29 is 9.47 Å². The van der Waals surface area contributed by atoms with Gasteiger partial charge in [0.25, 0.3) is 0 Å². The van der Waals surface area contributed by atoms with E-state index in [-0.39, 0.29) is 0 Å². The van der Waals surface area contributed by atoms with Gasteiger partial charge in [0.15, 0.2) is 0 Å². The van der Waals surface area contributed by atoms with Gasteiger partial charge in [-0.3, -0.25) is 4.90 Å². The first kappa shape index (κ1) is 8.48. The molecule has 0 bridgehead atoms. The molecule has 2 saturated heterocycles. The molecule has 3 heteroatoms. The van der Waals surface area contributed by atoms with Crippen LogP contribution in [0.25, 0.3) is 0 Å². The Morgan fingerprint density at radius 1 is 1.25 bits per heavy atom. The molecule has 12 heavy (non-hydrogen) atoms. The van der Waals surface area contributed by atoms with Gasteiger partial charge in [0.1, 0.15) is 0 Å². The van der Waals surface area contributed by atoms with Crippen molar-refractivity contribution in [1.82, 2.24) is 4.90 Å². The fraction of sp³-hybridized carbons (Fsp3) is 1.00. The number of hydrogen-bond acceptors (Lipinski definition) is 3. The molecule has 0 aromatic heterocycles. The van der Waals surface area contributed by atoms with E-state index >= 15 is 0 Å². The van der Waals surface area contributed by atoms with Crippen LogP contribution in [-0.4, -0.2) is 49.5 Å². The Hall–Kier alpha value is -0.120. The Labute approximate surface area is 73.6 Å². The third-order valence-electron chi connectivity index (χ3n) is 2.36. The lowest BCUT2D eigenvalue weighted by Crippen LogP contribution is -2.46. The van der Waals surface area contributed by atoms with Crippen LogP contribution in [0, 0.1) is 0 Å². The summed E-state index contributed by atoms with van der Waals surface area (Å²) in [5, 5.41) is 0. The van der Waals surface area contributed by atoms with Crippen LogP contribution >= 0.6 is 0 Å². The molecule has 0 amide bonds. The van der Waals surface area contributed by atoms with Crippen molar-refractivity contribution in [1.29, 1.82) is 0 Å². The Kier molecular flexibility index (Phi) is 2.35. The highest BCUT2D eigenvalue weighted by atomic mass is 16.6. The Morgan fingerprint density at radius 3 is 2.33 bits per heavy atom. The molecule has 0 N–H and O–H groups in total. The van der Waals surface area contributed by atoms with Crippen LogP contribution < -0.4 is 0 Å². The van der Waals surface area contributed by atoms with Gasteiger partial charge in [0.2, 0.25) is 0 Å². The maximum atomic E-state index is 5.64. The highest BCUT2D eigenvalue weighted by molar-refractivity contribution is 4.79. The van der Waals surface area contributed by atoms with Gasteiger partial charge in [-0.1, -0.05) is 0 Å². The molecule has 0 aromatic rings. The molecule has 70 valence electrons. The molecule has 2 rings (SSSR count). The minimum Gasteiger partial charge on any atom is -0.373 e. The number of morpholine rings is 1. The van der Waals surface area contributed by atoms with Gasteiger partial charge in [0.05, 0.1) is 24.9 Å². The summed E-state index contributed by atoms with van der Waals surface area (Å²) in [6.45, 7) is 8.44. The predicted octanol–water partition coefficient (Wildman–Crippen LogP) is 0.494. The summed E-state index contributed by atoms with van der Waals surface area (Å²) in [5.74, 6) is 0. The number of nitrogens with zero attached hydrogens (tertiary/aromatic N) is 1. The second-order valence-corrected chi connectivity index (χ2v) is 3.93. The van der Waals surface area contributed by atoms with E-state index in [2.05, 4.69) is 18.7 Å². The lowest BCUT2D eigenvalue weighted by Gasteiger charge is -2.34. The van der Waals surface area contributed by atoms with Gasteiger partial charge in [-0.15, -0.1) is 0 Å². The first-order valence-corrected chi connectivity index (χ1v) is 4.73. The van der Waals surface area contributed by atoms with Crippen molar-refractivity contribution >= 4 is 0 Å². The molecule has 0 aliphatic carbocycles. The molecule has 2 aliphatic heterocycles. The SMILES string of the molecule is C[C@@H]1CN(C[C@@H]2CO2)C[C@H](C)O1. The van der Waals surface area contributed by atoms with E-state index in [1.54, 1.807) is 0 Å². The van der Waals surface area contributed by atoms with Gasteiger partial charge < -0.3 is 9.47 Å². The fourth-order valence-corrected chi connectivity index (χ4v) is 1.89. The van der Waals surface area contributed by atoms with Crippen molar-refractivity contribution in [2.75, 3.05) is 26.2 Å². The third-order valence-corrected chi connectivity index (χ3v) is 2.36. The van der Waals surface area contributed by atoms with Crippen LogP contribution in [0.4, 0.5) is 0 Å². The second-order valence-electron chi connectivity index (χ2n) is 3.93. The van der Waals surface area contributed by atoms with E-state index in [0.717, 1.165) is 26.2 Å². The van der Waals surface area contributed by atoms with Crippen molar-refractivity contribution in [2.24, 2.45) is 0 Å². The van der Waals surface area contributed by atoms with E-state index in [1.165, 1.54) is 0 Å². The van der Waals surface area contributed by atoms with Crippen LogP contribution in [0.3, 0.4) is 0 Å². The maximum absolute atomic E-state index is 5.64. The number of hydrogen-bond donors (Lipinski definition) is 0. The second kappa shape index (κ2) is 3.32. The molecule has 0 saturated carbocycles. The summed E-state index contributed by atoms with van der Waals surface area (Å²) in [6, 6.07) is 0.